The molecule has 1 aliphatic carbocycles. The Bertz CT molecular complexity index is 265. The zero-order valence-corrected chi connectivity index (χ0v) is 12.5. The summed E-state index contributed by atoms with van der Waals surface area (Å²) < 4.78 is 5.73. The van der Waals surface area contributed by atoms with Gasteiger partial charge in [-0.05, 0) is 46.0 Å². The van der Waals surface area contributed by atoms with Crippen molar-refractivity contribution >= 4 is 0 Å². The zero-order valence-electron chi connectivity index (χ0n) is 12.5. The SMILES string of the molecule is CCC1(C)CNC(C2CC2)CN1CCOC(C)C. The third-order valence-corrected chi connectivity index (χ3v) is 4.69. The standard InChI is InChI=1S/C15H30N2O/c1-5-15(4)11-16-14(13-6-7-13)10-17(15)8-9-18-12(2)3/h12-14,16H,5-11H2,1-4H3. The molecule has 18 heavy (non-hydrogen) atoms. The lowest BCUT2D eigenvalue weighted by Gasteiger charge is -2.48. The minimum Gasteiger partial charge on any atom is -0.377 e. The van der Waals surface area contributed by atoms with E-state index >= 15 is 0 Å². The van der Waals surface area contributed by atoms with Crippen molar-refractivity contribution in [3.63, 3.8) is 0 Å². The number of rotatable bonds is 6. The van der Waals surface area contributed by atoms with Gasteiger partial charge in [-0.25, -0.2) is 0 Å². The van der Waals surface area contributed by atoms with E-state index in [2.05, 4.69) is 37.9 Å². The van der Waals surface area contributed by atoms with Crippen molar-refractivity contribution in [2.75, 3.05) is 26.2 Å². The van der Waals surface area contributed by atoms with Gasteiger partial charge in [0, 0.05) is 31.2 Å². The molecular weight excluding hydrogens is 224 g/mol. The van der Waals surface area contributed by atoms with E-state index in [9.17, 15) is 0 Å². The predicted octanol–water partition coefficient (Wildman–Crippen LogP) is 2.26. The first-order valence-corrected chi connectivity index (χ1v) is 7.65. The Balaban J connectivity index is 1.87. The van der Waals surface area contributed by atoms with Crippen LogP contribution in [-0.2, 0) is 4.74 Å². The second-order valence-corrected chi connectivity index (χ2v) is 6.54. The summed E-state index contributed by atoms with van der Waals surface area (Å²) in [5.74, 6) is 0.944. The van der Waals surface area contributed by atoms with Crippen LogP contribution in [0.2, 0.25) is 0 Å². The lowest BCUT2D eigenvalue weighted by atomic mass is 9.91. The monoisotopic (exact) mass is 254 g/mol. The normalized spacial score (nSPS) is 34.2. The third-order valence-electron chi connectivity index (χ3n) is 4.69. The Morgan fingerprint density at radius 3 is 2.67 bits per heavy atom. The number of hydrogen-bond acceptors (Lipinski definition) is 3. The van der Waals surface area contributed by atoms with E-state index in [0.717, 1.165) is 31.7 Å². The fourth-order valence-corrected chi connectivity index (χ4v) is 2.91. The molecule has 0 aromatic carbocycles. The minimum atomic E-state index is 0.311. The third kappa shape index (κ3) is 3.46. The van der Waals surface area contributed by atoms with E-state index in [4.69, 9.17) is 4.74 Å². The van der Waals surface area contributed by atoms with Gasteiger partial charge in [0.05, 0.1) is 12.7 Å². The fourth-order valence-electron chi connectivity index (χ4n) is 2.91. The number of ether oxygens (including phenoxy) is 1. The lowest BCUT2D eigenvalue weighted by Crippen LogP contribution is -2.64. The van der Waals surface area contributed by atoms with Crippen LogP contribution in [0.3, 0.4) is 0 Å². The van der Waals surface area contributed by atoms with Gasteiger partial charge in [-0.15, -0.1) is 0 Å². The topological polar surface area (TPSA) is 24.5 Å². The molecule has 0 spiro atoms. The summed E-state index contributed by atoms with van der Waals surface area (Å²) in [4.78, 5) is 2.66. The summed E-state index contributed by atoms with van der Waals surface area (Å²) in [6.45, 7) is 13.2. The quantitative estimate of drug-likeness (QED) is 0.787. The molecule has 2 unspecified atom stereocenters. The fraction of sp³-hybridized carbons (Fsp3) is 1.00. The van der Waals surface area contributed by atoms with Crippen molar-refractivity contribution < 1.29 is 4.74 Å². The van der Waals surface area contributed by atoms with Crippen molar-refractivity contribution in [2.45, 2.75) is 64.6 Å². The van der Waals surface area contributed by atoms with Crippen molar-refractivity contribution in [2.24, 2.45) is 5.92 Å². The Morgan fingerprint density at radius 2 is 2.11 bits per heavy atom. The summed E-state index contributed by atoms with van der Waals surface area (Å²) in [6, 6.07) is 0.726. The van der Waals surface area contributed by atoms with Gasteiger partial charge in [-0.1, -0.05) is 6.92 Å². The molecule has 106 valence electrons. The van der Waals surface area contributed by atoms with Crippen LogP contribution >= 0.6 is 0 Å². The van der Waals surface area contributed by atoms with Crippen molar-refractivity contribution in [1.29, 1.82) is 0 Å². The molecule has 0 bridgehead atoms. The van der Waals surface area contributed by atoms with E-state index in [0.29, 0.717) is 11.6 Å². The number of nitrogens with one attached hydrogen (secondary N) is 1. The van der Waals surface area contributed by atoms with E-state index in [1.165, 1.54) is 25.8 Å². The largest absolute Gasteiger partial charge is 0.377 e. The molecule has 0 aromatic rings. The maximum Gasteiger partial charge on any atom is 0.0597 e. The van der Waals surface area contributed by atoms with Crippen LogP contribution in [-0.4, -0.2) is 48.8 Å². The molecule has 0 radical (unpaired) electrons. The number of hydrogen-bond donors (Lipinski definition) is 1. The molecule has 0 aromatic heterocycles. The Hall–Kier alpha value is -0.120. The van der Waals surface area contributed by atoms with Crippen molar-refractivity contribution in [3.8, 4) is 0 Å². The summed E-state index contributed by atoms with van der Waals surface area (Å²) >= 11 is 0. The highest BCUT2D eigenvalue weighted by Gasteiger charge is 2.41. The Labute approximate surface area is 112 Å². The molecule has 1 saturated carbocycles. The van der Waals surface area contributed by atoms with E-state index < -0.39 is 0 Å². The highest BCUT2D eigenvalue weighted by molar-refractivity contribution is 4.99. The van der Waals surface area contributed by atoms with Crippen LogP contribution in [0.15, 0.2) is 0 Å². The van der Waals surface area contributed by atoms with Gasteiger partial charge in [0.15, 0.2) is 0 Å². The Kier molecular flexibility index (Phi) is 4.68. The van der Waals surface area contributed by atoms with Crippen molar-refractivity contribution in [3.05, 3.63) is 0 Å². The molecule has 1 saturated heterocycles. The summed E-state index contributed by atoms with van der Waals surface area (Å²) in [6.07, 6.45) is 4.41. The van der Waals surface area contributed by atoms with Gasteiger partial charge in [0.2, 0.25) is 0 Å². The second kappa shape index (κ2) is 5.89. The van der Waals surface area contributed by atoms with Crippen molar-refractivity contribution in [1.82, 2.24) is 10.2 Å². The molecule has 2 aliphatic rings. The first-order chi connectivity index (χ1) is 8.55. The van der Waals surface area contributed by atoms with Gasteiger partial charge in [0.1, 0.15) is 0 Å². The summed E-state index contributed by atoms with van der Waals surface area (Å²) in [7, 11) is 0. The molecule has 0 amide bonds. The van der Waals surface area contributed by atoms with E-state index in [1.54, 1.807) is 0 Å². The molecule has 2 fully saturated rings. The lowest BCUT2D eigenvalue weighted by molar-refractivity contribution is -0.0000776. The van der Waals surface area contributed by atoms with Gasteiger partial charge in [-0.2, -0.15) is 0 Å². The number of piperazine rings is 1. The maximum absolute atomic E-state index is 5.73. The predicted molar refractivity (Wildman–Crippen MR) is 75.9 cm³/mol. The molecule has 3 nitrogen and oxygen atoms in total. The van der Waals surface area contributed by atoms with E-state index in [-0.39, 0.29) is 0 Å². The highest BCUT2D eigenvalue weighted by atomic mass is 16.5. The summed E-state index contributed by atoms with van der Waals surface area (Å²) in [5, 5.41) is 3.77. The van der Waals surface area contributed by atoms with Crippen LogP contribution in [0.4, 0.5) is 0 Å². The molecular formula is C15H30N2O. The molecule has 1 aliphatic heterocycles. The molecule has 3 heteroatoms. The first kappa shape index (κ1) is 14.3. The second-order valence-electron chi connectivity index (χ2n) is 6.54. The smallest absolute Gasteiger partial charge is 0.0597 e. The molecule has 1 heterocycles. The summed E-state index contributed by atoms with van der Waals surface area (Å²) in [5.41, 5.74) is 0.311. The average molecular weight is 254 g/mol. The van der Waals surface area contributed by atoms with Crippen LogP contribution in [0.25, 0.3) is 0 Å². The van der Waals surface area contributed by atoms with Gasteiger partial charge >= 0.3 is 0 Å². The highest BCUT2D eigenvalue weighted by Crippen LogP contribution is 2.36. The molecule has 2 rings (SSSR count). The first-order valence-electron chi connectivity index (χ1n) is 7.65. The average Bonchev–Trinajstić information content (AvgIpc) is 3.15. The molecule has 2 atom stereocenters. The maximum atomic E-state index is 5.73. The zero-order chi connectivity index (χ0) is 13.2. The minimum absolute atomic E-state index is 0.311. The van der Waals surface area contributed by atoms with Crippen LogP contribution < -0.4 is 5.32 Å². The van der Waals surface area contributed by atoms with Gasteiger partial charge in [0.25, 0.3) is 0 Å². The van der Waals surface area contributed by atoms with Gasteiger partial charge in [-0.3, -0.25) is 4.90 Å². The van der Waals surface area contributed by atoms with Crippen LogP contribution in [0, 0.1) is 5.92 Å². The molecule has 1 N–H and O–H groups in total. The van der Waals surface area contributed by atoms with Crippen LogP contribution in [0.5, 0.6) is 0 Å². The Morgan fingerprint density at radius 1 is 1.39 bits per heavy atom. The van der Waals surface area contributed by atoms with Crippen LogP contribution in [0.1, 0.15) is 47.0 Å². The van der Waals surface area contributed by atoms with Gasteiger partial charge < -0.3 is 10.1 Å². The van der Waals surface area contributed by atoms with E-state index in [1.807, 2.05) is 0 Å². The number of nitrogens with zero attached hydrogens (tertiary/aromatic N) is 1.